The fourth-order valence-electron chi connectivity index (χ4n) is 3.22. The van der Waals surface area contributed by atoms with Crippen LogP contribution in [0, 0.1) is 5.92 Å². The molecule has 2 aromatic rings. The van der Waals surface area contributed by atoms with Gasteiger partial charge in [-0.1, -0.05) is 27.2 Å². The van der Waals surface area contributed by atoms with Gasteiger partial charge in [0.15, 0.2) is 5.82 Å². The molecule has 0 saturated carbocycles. The van der Waals surface area contributed by atoms with Gasteiger partial charge in [-0.25, -0.2) is 9.97 Å². The van der Waals surface area contributed by atoms with E-state index in [4.69, 9.17) is 14.7 Å². The van der Waals surface area contributed by atoms with Gasteiger partial charge in [-0.3, -0.25) is 9.78 Å². The summed E-state index contributed by atoms with van der Waals surface area (Å²) < 4.78 is 5.35. The van der Waals surface area contributed by atoms with E-state index in [2.05, 4.69) is 36.4 Å². The number of rotatable bonds is 14. The molecule has 0 fully saturated rings. The zero-order chi connectivity index (χ0) is 22.5. The maximum Gasteiger partial charge on any atom is 0.242 e. The zero-order valence-electron chi connectivity index (χ0n) is 19.4. The summed E-state index contributed by atoms with van der Waals surface area (Å²) >= 11 is 0. The third-order valence-electron chi connectivity index (χ3n) is 4.80. The standard InChI is InChI=1S/C24H37N5O2/c1-5-7-11-20-16-22(29-23(27-20)19-10-8-12-25-17-19)28-21(15-18(3)4)24(30)26-13-9-14-31-6-2/h8,10,12,16-18,21H,5-7,9,11,13-15H2,1-4H3,(H,26,30)(H,27,28,29). The zero-order valence-corrected chi connectivity index (χ0v) is 19.4. The van der Waals surface area contributed by atoms with Crippen molar-refractivity contribution in [2.45, 2.75) is 65.8 Å². The van der Waals surface area contributed by atoms with Crippen LogP contribution in [0.3, 0.4) is 0 Å². The van der Waals surface area contributed by atoms with Crippen LogP contribution in [-0.4, -0.2) is 46.7 Å². The van der Waals surface area contributed by atoms with Gasteiger partial charge < -0.3 is 15.4 Å². The van der Waals surface area contributed by atoms with E-state index < -0.39 is 0 Å². The largest absolute Gasteiger partial charge is 0.382 e. The van der Waals surface area contributed by atoms with Gasteiger partial charge in [-0.15, -0.1) is 0 Å². The van der Waals surface area contributed by atoms with E-state index in [0.717, 1.165) is 36.9 Å². The molecule has 0 saturated heterocycles. The van der Waals surface area contributed by atoms with Crippen molar-refractivity contribution in [2.75, 3.05) is 25.1 Å². The predicted octanol–water partition coefficient (Wildman–Crippen LogP) is 4.25. The molecule has 0 aliphatic heterocycles. The first-order chi connectivity index (χ1) is 15.0. The second-order valence-corrected chi connectivity index (χ2v) is 8.08. The highest BCUT2D eigenvalue weighted by molar-refractivity contribution is 5.84. The van der Waals surface area contributed by atoms with Crippen LogP contribution < -0.4 is 10.6 Å². The third kappa shape index (κ3) is 9.00. The topological polar surface area (TPSA) is 89.0 Å². The first kappa shape index (κ1) is 24.7. The molecule has 2 heterocycles. The summed E-state index contributed by atoms with van der Waals surface area (Å²) in [6.45, 7) is 10.3. The van der Waals surface area contributed by atoms with Crippen LogP contribution >= 0.6 is 0 Å². The summed E-state index contributed by atoms with van der Waals surface area (Å²) in [7, 11) is 0. The number of nitrogens with one attached hydrogen (secondary N) is 2. The Hall–Kier alpha value is -2.54. The number of unbranched alkanes of at least 4 members (excludes halogenated alkanes) is 1. The smallest absolute Gasteiger partial charge is 0.242 e. The van der Waals surface area contributed by atoms with E-state index in [1.807, 2.05) is 25.1 Å². The molecular formula is C24H37N5O2. The lowest BCUT2D eigenvalue weighted by Gasteiger charge is -2.21. The van der Waals surface area contributed by atoms with E-state index in [-0.39, 0.29) is 11.9 Å². The number of aryl methyl sites for hydroxylation is 1. The molecule has 0 aromatic carbocycles. The van der Waals surface area contributed by atoms with Crippen molar-refractivity contribution >= 4 is 11.7 Å². The Balaban J connectivity index is 2.18. The van der Waals surface area contributed by atoms with Gasteiger partial charge in [0.05, 0.1) is 0 Å². The van der Waals surface area contributed by atoms with Crippen LogP contribution in [0.5, 0.6) is 0 Å². The number of pyridine rings is 1. The number of anilines is 1. The van der Waals surface area contributed by atoms with Crippen molar-refractivity contribution in [3.05, 3.63) is 36.3 Å². The Labute approximate surface area is 186 Å². The lowest BCUT2D eigenvalue weighted by molar-refractivity contribution is -0.122. The van der Waals surface area contributed by atoms with Crippen LogP contribution in [0.25, 0.3) is 11.4 Å². The van der Waals surface area contributed by atoms with Crippen molar-refractivity contribution in [1.82, 2.24) is 20.3 Å². The summed E-state index contributed by atoms with van der Waals surface area (Å²) in [5.74, 6) is 1.66. The normalized spacial score (nSPS) is 12.0. The quantitative estimate of drug-likeness (QED) is 0.438. The van der Waals surface area contributed by atoms with Gasteiger partial charge in [0.2, 0.25) is 5.91 Å². The van der Waals surface area contributed by atoms with Crippen LogP contribution in [0.15, 0.2) is 30.6 Å². The van der Waals surface area contributed by atoms with Gasteiger partial charge in [0.25, 0.3) is 0 Å². The fraction of sp³-hybridized carbons (Fsp3) is 0.583. The fourth-order valence-corrected chi connectivity index (χ4v) is 3.22. The van der Waals surface area contributed by atoms with Gasteiger partial charge in [0.1, 0.15) is 11.9 Å². The molecule has 0 spiro atoms. The molecule has 31 heavy (non-hydrogen) atoms. The Morgan fingerprint density at radius 3 is 2.71 bits per heavy atom. The average Bonchev–Trinajstić information content (AvgIpc) is 2.77. The predicted molar refractivity (Wildman–Crippen MR) is 125 cm³/mol. The Morgan fingerprint density at radius 2 is 2.03 bits per heavy atom. The maximum atomic E-state index is 12.9. The third-order valence-corrected chi connectivity index (χ3v) is 4.80. The SMILES string of the molecule is CCCCc1cc(NC(CC(C)C)C(=O)NCCCOCC)nc(-c2cccnc2)n1. The summed E-state index contributed by atoms with van der Waals surface area (Å²) in [6, 6.07) is 5.43. The number of amides is 1. The van der Waals surface area contributed by atoms with Crippen LogP contribution in [0.4, 0.5) is 5.82 Å². The van der Waals surface area contributed by atoms with Crippen molar-refractivity contribution in [3.8, 4) is 11.4 Å². The minimum Gasteiger partial charge on any atom is -0.382 e. The Bertz CT molecular complexity index is 783. The molecule has 1 amide bonds. The van der Waals surface area contributed by atoms with Crippen LogP contribution in [-0.2, 0) is 16.0 Å². The minimum atomic E-state index is -0.359. The molecule has 0 aliphatic rings. The maximum absolute atomic E-state index is 12.9. The molecule has 7 heteroatoms. The molecule has 2 N–H and O–H groups in total. The Kier molecular flexibility index (Phi) is 10.9. The second kappa shape index (κ2) is 13.7. The number of carbonyl (C=O) groups is 1. The molecule has 0 bridgehead atoms. The summed E-state index contributed by atoms with van der Waals surface area (Å²) in [6.07, 6.45) is 8.03. The molecule has 2 aromatic heterocycles. The lowest BCUT2D eigenvalue weighted by Crippen LogP contribution is -2.41. The number of nitrogens with zero attached hydrogens (tertiary/aromatic N) is 3. The van der Waals surface area contributed by atoms with Crippen molar-refractivity contribution in [3.63, 3.8) is 0 Å². The average molecular weight is 428 g/mol. The molecule has 170 valence electrons. The van der Waals surface area contributed by atoms with Crippen LogP contribution in [0.1, 0.15) is 59.1 Å². The number of ether oxygens (including phenoxy) is 1. The van der Waals surface area contributed by atoms with Gasteiger partial charge in [-0.05, 0) is 50.7 Å². The van der Waals surface area contributed by atoms with E-state index >= 15 is 0 Å². The highest BCUT2D eigenvalue weighted by atomic mass is 16.5. The van der Waals surface area contributed by atoms with Crippen molar-refractivity contribution in [2.24, 2.45) is 5.92 Å². The second-order valence-electron chi connectivity index (χ2n) is 8.08. The number of hydrogen-bond acceptors (Lipinski definition) is 6. The highest BCUT2D eigenvalue weighted by Gasteiger charge is 2.21. The Morgan fingerprint density at radius 1 is 1.19 bits per heavy atom. The number of hydrogen-bond donors (Lipinski definition) is 2. The van der Waals surface area contributed by atoms with E-state index in [1.165, 1.54) is 0 Å². The monoisotopic (exact) mass is 427 g/mol. The molecule has 7 nitrogen and oxygen atoms in total. The molecule has 0 aliphatic carbocycles. The van der Waals surface area contributed by atoms with E-state index in [0.29, 0.717) is 43.7 Å². The minimum absolute atomic E-state index is 0.0122. The van der Waals surface area contributed by atoms with Crippen LogP contribution in [0.2, 0.25) is 0 Å². The number of aromatic nitrogens is 3. The van der Waals surface area contributed by atoms with E-state index in [9.17, 15) is 4.79 Å². The summed E-state index contributed by atoms with van der Waals surface area (Å²) in [5, 5.41) is 6.40. The number of carbonyl (C=O) groups excluding carboxylic acids is 1. The van der Waals surface area contributed by atoms with Gasteiger partial charge in [0, 0.05) is 49.5 Å². The molecule has 1 atom stereocenters. The van der Waals surface area contributed by atoms with Crippen molar-refractivity contribution < 1.29 is 9.53 Å². The van der Waals surface area contributed by atoms with Crippen molar-refractivity contribution in [1.29, 1.82) is 0 Å². The molecular weight excluding hydrogens is 390 g/mol. The van der Waals surface area contributed by atoms with E-state index in [1.54, 1.807) is 12.4 Å². The summed E-state index contributed by atoms with van der Waals surface area (Å²) in [5.41, 5.74) is 1.84. The molecule has 2 rings (SSSR count). The summed E-state index contributed by atoms with van der Waals surface area (Å²) in [4.78, 5) is 26.5. The molecule has 0 radical (unpaired) electrons. The molecule has 1 unspecified atom stereocenters. The van der Waals surface area contributed by atoms with Gasteiger partial charge >= 0.3 is 0 Å². The lowest BCUT2D eigenvalue weighted by atomic mass is 10.0. The van der Waals surface area contributed by atoms with Gasteiger partial charge in [-0.2, -0.15) is 0 Å². The first-order valence-electron chi connectivity index (χ1n) is 11.4. The first-order valence-corrected chi connectivity index (χ1v) is 11.4. The highest BCUT2D eigenvalue weighted by Crippen LogP contribution is 2.20.